The second-order valence-corrected chi connectivity index (χ2v) is 4.53. The summed E-state index contributed by atoms with van der Waals surface area (Å²) in [5, 5.41) is 11.1. The minimum atomic E-state index is -2.77. The number of carboxylic acid groups (broad SMARTS) is 1. The molecule has 0 heterocycles. The van der Waals surface area contributed by atoms with Crippen molar-refractivity contribution in [3.8, 4) is 0 Å². The molecule has 0 bridgehead atoms. The Morgan fingerprint density at radius 1 is 1.38 bits per heavy atom. The first-order valence-corrected chi connectivity index (χ1v) is 5.14. The number of aliphatic carboxylic acids is 1. The first-order valence-electron chi connectivity index (χ1n) is 5.14. The maximum Gasteiger partial charge on any atom is 0.326 e. The smallest absolute Gasteiger partial charge is 0.326 e. The monoisotopic (exact) mass is 235 g/mol. The third-order valence-electron chi connectivity index (χ3n) is 2.69. The van der Waals surface area contributed by atoms with Crippen LogP contribution in [0.5, 0.6) is 0 Å². The van der Waals surface area contributed by atoms with E-state index < -0.39 is 42.6 Å². The summed E-state index contributed by atoms with van der Waals surface area (Å²) in [6, 6.07) is -1.01. The van der Waals surface area contributed by atoms with Gasteiger partial charge in [0.15, 0.2) is 0 Å². The van der Waals surface area contributed by atoms with E-state index in [9.17, 15) is 18.4 Å². The Kier molecular flexibility index (Phi) is 3.50. The van der Waals surface area contributed by atoms with E-state index in [0.717, 1.165) is 0 Å². The van der Waals surface area contributed by atoms with Crippen molar-refractivity contribution in [3.05, 3.63) is 0 Å². The fourth-order valence-corrected chi connectivity index (χ4v) is 1.63. The summed E-state index contributed by atoms with van der Waals surface area (Å²) >= 11 is 0. The summed E-state index contributed by atoms with van der Waals surface area (Å²) in [4.78, 5) is 22.2. The van der Waals surface area contributed by atoms with Crippen LogP contribution in [0.3, 0.4) is 0 Å². The minimum Gasteiger partial charge on any atom is -0.480 e. The van der Waals surface area contributed by atoms with Crippen LogP contribution in [0.2, 0.25) is 0 Å². The van der Waals surface area contributed by atoms with Crippen LogP contribution in [0.25, 0.3) is 0 Å². The van der Waals surface area contributed by atoms with Crippen LogP contribution < -0.4 is 5.32 Å². The molecule has 1 fully saturated rings. The van der Waals surface area contributed by atoms with Crippen LogP contribution in [-0.4, -0.2) is 28.9 Å². The molecule has 0 aromatic heterocycles. The quantitative estimate of drug-likeness (QED) is 0.770. The molecule has 1 amide bonds. The maximum absolute atomic E-state index is 12.5. The molecule has 1 rings (SSSR count). The van der Waals surface area contributed by atoms with Crippen LogP contribution in [0, 0.1) is 11.8 Å². The molecule has 92 valence electrons. The summed E-state index contributed by atoms with van der Waals surface area (Å²) in [7, 11) is 0. The van der Waals surface area contributed by atoms with Gasteiger partial charge in [-0.15, -0.1) is 0 Å². The molecule has 1 saturated carbocycles. The lowest BCUT2D eigenvalue weighted by Gasteiger charge is -2.34. The number of amides is 1. The summed E-state index contributed by atoms with van der Waals surface area (Å²) < 4.78 is 25.0. The Morgan fingerprint density at radius 2 is 1.88 bits per heavy atom. The van der Waals surface area contributed by atoms with Crippen LogP contribution >= 0.6 is 0 Å². The van der Waals surface area contributed by atoms with Crippen molar-refractivity contribution in [3.63, 3.8) is 0 Å². The topological polar surface area (TPSA) is 66.4 Å². The standard InChI is InChI=1S/C10H15F2NO3/c1-5(2)7(9(15)16)13-8(14)6-3-10(11,12)4-6/h5-7H,3-4H2,1-2H3,(H,13,14)(H,15,16)/t7-/m0/s1. The highest BCUT2D eigenvalue weighted by molar-refractivity contribution is 5.85. The lowest BCUT2D eigenvalue weighted by molar-refractivity contribution is -0.154. The predicted octanol–water partition coefficient (Wildman–Crippen LogP) is 1.26. The average Bonchev–Trinajstić information content (AvgIpc) is 2.08. The zero-order valence-electron chi connectivity index (χ0n) is 9.17. The number of rotatable bonds is 4. The zero-order chi connectivity index (χ0) is 12.5. The van der Waals surface area contributed by atoms with Crippen LogP contribution in [0.15, 0.2) is 0 Å². The van der Waals surface area contributed by atoms with E-state index in [4.69, 9.17) is 5.11 Å². The molecule has 0 radical (unpaired) electrons. The molecule has 1 aliphatic rings. The van der Waals surface area contributed by atoms with Crippen LogP contribution in [-0.2, 0) is 9.59 Å². The van der Waals surface area contributed by atoms with E-state index in [1.165, 1.54) is 0 Å². The number of carbonyl (C=O) groups is 2. The van der Waals surface area contributed by atoms with Gasteiger partial charge in [0.25, 0.3) is 0 Å². The number of carboxylic acids is 1. The Labute approximate surface area is 92.0 Å². The zero-order valence-corrected chi connectivity index (χ0v) is 9.17. The van der Waals surface area contributed by atoms with Gasteiger partial charge in [0.2, 0.25) is 11.8 Å². The third-order valence-corrected chi connectivity index (χ3v) is 2.69. The molecule has 16 heavy (non-hydrogen) atoms. The fourth-order valence-electron chi connectivity index (χ4n) is 1.63. The minimum absolute atomic E-state index is 0.276. The number of nitrogens with one attached hydrogen (secondary N) is 1. The molecule has 0 aliphatic heterocycles. The Morgan fingerprint density at radius 3 is 2.19 bits per heavy atom. The number of hydrogen-bond donors (Lipinski definition) is 2. The van der Waals surface area contributed by atoms with Crippen molar-refractivity contribution >= 4 is 11.9 Å². The Hall–Kier alpha value is -1.20. The highest BCUT2D eigenvalue weighted by Gasteiger charge is 2.49. The lowest BCUT2D eigenvalue weighted by Crippen LogP contribution is -2.51. The van der Waals surface area contributed by atoms with Gasteiger partial charge < -0.3 is 10.4 Å². The first kappa shape index (κ1) is 12.9. The first-order chi connectivity index (χ1) is 7.23. The van der Waals surface area contributed by atoms with E-state index in [1.54, 1.807) is 13.8 Å². The summed E-state index contributed by atoms with van der Waals surface area (Å²) in [6.45, 7) is 3.29. The maximum atomic E-state index is 12.5. The molecular weight excluding hydrogens is 220 g/mol. The van der Waals surface area contributed by atoms with Gasteiger partial charge >= 0.3 is 5.97 Å². The van der Waals surface area contributed by atoms with Gasteiger partial charge in [-0.05, 0) is 5.92 Å². The van der Waals surface area contributed by atoms with Crippen molar-refractivity contribution in [2.45, 2.75) is 38.7 Å². The predicted molar refractivity (Wildman–Crippen MR) is 52.1 cm³/mol. The summed E-state index contributed by atoms with van der Waals surface area (Å²) in [5.74, 6) is -5.53. The van der Waals surface area contributed by atoms with Crippen molar-refractivity contribution in [2.75, 3.05) is 0 Å². The van der Waals surface area contributed by atoms with Gasteiger partial charge in [0, 0.05) is 18.8 Å². The molecule has 2 N–H and O–H groups in total. The number of alkyl halides is 2. The molecular formula is C10H15F2NO3. The second-order valence-electron chi connectivity index (χ2n) is 4.53. The molecule has 4 nitrogen and oxygen atoms in total. The summed E-state index contributed by atoms with van der Waals surface area (Å²) in [5.41, 5.74) is 0. The molecule has 0 spiro atoms. The molecule has 0 aromatic carbocycles. The molecule has 1 atom stereocenters. The number of carbonyl (C=O) groups excluding carboxylic acids is 1. The van der Waals surface area contributed by atoms with Gasteiger partial charge in [0.05, 0.1) is 0 Å². The highest BCUT2D eigenvalue weighted by Crippen LogP contribution is 2.42. The van der Waals surface area contributed by atoms with E-state index in [1.807, 2.05) is 0 Å². The Bertz CT molecular complexity index is 296. The van der Waals surface area contributed by atoms with E-state index in [-0.39, 0.29) is 5.92 Å². The largest absolute Gasteiger partial charge is 0.480 e. The van der Waals surface area contributed by atoms with Gasteiger partial charge in [-0.3, -0.25) is 4.79 Å². The van der Waals surface area contributed by atoms with Crippen LogP contribution in [0.1, 0.15) is 26.7 Å². The highest BCUT2D eigenvalue weighted by atomic mass is 19.3. The average molecular weight is 235 g/mol. The molecule has 0 saturated heterocycles. The number of halogens is 2. The SMILES string of the molecule is CC(C)[C@H](NC(=O)C1CC(F)(F)C1)C(=O)O. The van der Waals surface area contributed by atoms with Crippen molar-refractivity contribution < 1.29 is 23.5 Å². The van der Waals surface area contributed by atoms with Crippen molar-refractivity contribution in [1.82, 2.24) is 5.32 Å². The molecule has 0 unspecified atom stereocenters. The Balaban J connectivity index is 2.48. The lowest BCUT2D eigenvalue weighted by atomic mass is 9.80. The van der Waals surface area contributed by atoms with Gasteiger partial charge in [0.1, 0.15) is 6.04 Å². The van der Waals surface area contributed by atoms with Gasteiger partial charge in [-0.2, -0.15) is 0 Å². The van der Waals surface area contributed by atoms with Crippen molar-refractivity contribution in [1.29, 1.82) is 0 Å². The van der Waals surface area contributed by atoms with Crippen molar-refractivity contribution in [2.24, 2.45) is 11.8 Å². The van der Waals surface area contributed by atoms with E-state index in [0.29, 0.717) is 0 Å². The molecule has 0 aromatic rings. The van der Waals surface area contributed by atoms with Gasteiger partial charge in [-0.1, -0.05) is 13.8 Å². The van der Waals surface area contributed by atoms with E-state index in [2.05, 4.69) is 5.32 Å². The van der Waals surface area contributed by atoms with E-state index >= 15 is 0 Å². The second kappa shape index (κ2) is 4.35. The van der Waals surface area contributed by atoms with Gasteiger partial charge in [-0.25, -0.2) is 13.6 Å². The number of hydrogen-bond acceptors (Lipinski definition) is 2. The normalized spacial score (nSPS) is 21.3. The third kappa shape index (κ3) is 2.90. The van der Waals surface area contributed by atoms with Crippen LogP contribution in [0.4, 0.5) is 8.78 Å². The molecule has 6 heteroatoms. The molecule has 1 aliphatic carbocycles. The summed E-state index contributed by atoms with van der Waals surface area (Å²) in [6.07, 6.45) is -0.966. The fraction of sp³-hybridized carbons (Fsp3) is 0.800.